The Kier molecular flexibility index (Phi) is 4.11. The van der Waals surface area contributed by atoms with E-state index in [0.29, 0.717) is 6.07 Å². The summed E-state index contributed by atoms with van der Waals surface area (Å²) in [6.07, 6.45) is -2.36. The number of nitrogens with zero attached hydrogens (tertiary/aromatic N) is 1. The lowest BCUT2D eigenvalue weighted by Gasteiger charge is -2.15. The van der Waals surface area contributed by atoms with Gasteiger partial charge >= 0.3 is 6.18 Å². The Labute approximate surface area is 123 Å². The van der Waals surface area contributed by atoms with Gasteiger partial charge in [0.1, 0.15) is 4.90 Å². The number of halogens is 4. The van der Waals surface area contributed by atoms with Crippen molar-refractivity contribution < 1.29 is 21.6 Å². The van der Waals surface area contributed by atoms with Crippen LogP contribution in [0, 0.1) is 0 Å². The maximum Gasteiger partial charge on any atom is 0.418 e. The van der Waals surface area contributed by atoms with E-state index < -0.39 is 27.5 Å². The van der Waals surface area contributed by atoms with E-state index in [9.17, 15) is 21.6 Å². The molecule has 2 rings (SSSR count). The van der Waals surface area contributed by atoms with Gasteiger partial charge in [-0.3, -0.25) is 9.71 Å². The molecule has 112 valence electrons. The van der Waals surface area contributed by atoms with Gasteiger partial charge in [0.2, 0.25) is 0 Å². The summed E-state index contributed by atoms with van der Waals surface area (Å²) in [6.45, 7) is 0. The molecule has 0 aliphatic rings. The minimum absolute atomic E-state index is 0.147. The highest BCUT2D eigenvalue weighted by atomic mass is 35.5. The number of sulfonamides is 1. The standard InChI is InChI=1S/C12H8ClF3N2O2S/c13-8-3-4-11(10(6-8)12(14,15)16)18-21(19,20)9-2-1-5-17-7-9/h1-7,18H. The van der Waals surface area contributed by atoms with Gasteiger partial charge in [-0.1, -0.05) is 11.6 Å². The van der Waals surface area contributed by atoms with Crippen molar-refractivity contribution in [2.75, 3.05) is 4.72 Å². The van der Waals surface area contributed by atoms with Gasteiger partial charge in [0.15, 0.2) is 0 Å². The van der Waals surface area contributed by atoms with Crippen molar-refractivity contribution in [2.45, 2.75) is 11.1 Å². The number of benzene rings is 1. The third-order valence-corrected chi connectivity index (χ3v) is 4.06. The van der Waals surface area contributed by atoms with Gasteiger partial charge in [-0.2, -0.15) is 13.2 Å². The molecule has 0 fully saturated rings. The molecule has 21 heavy (non-hydrogen) atoms. The Balaban J connectivity index is 2.45. The number of hydrogen-bond donors (Lipinski definition) is 1. The summed E-state index contributed by atoms with van der Waals surface area (Å²) in [6, 6.07) is 5.36. The molecular formula is C12H8ClF3N2O2S. The molecule has 2 aromatic rings. The van der Waals surface area contributed by atoms with Gasteiger partial charge in [-0.25, -0.2) is 8.42 Å². The minimum atomic E-state index is -4.74. The lowest BCUT2D eigenvalue weighted by molar-refractivity contribution is -0.136. The summed E-state index contributed by atoms with van der Waals surface area (Å²) in [5, 5.41) is -0.147. The zero-order chi connectivity index (χ0) is 15.7. The summed E-state index contributed by atoms with van der Waals surface area (Å²) in [4.78, 5) is 3.37. The Morgan fingerprint density at radius 1 is 1.19 bits per heavy atom. The van der Waals surface area contributed by atoms with Crippen molar-refractivity contribution >= 4 is 27.3 Å². The molecule has 0 bridgehead atoms. The van der Waals surface area contributed by atoms with Gasteiger partial charge in [0.05, 0.1) is 11.3 Å². The molecule has 0 spiro atoms. The molecule has 4 nitrogen and oxygen atoms in total. The molecule has 0 aliphatic heterocycles. The second kappa shape index (κ2) is 5.53. The molecule has 0 saturated heterocycles. The van der Waals surface area contributed by atoms with E-state index in [1.54, 1.807) is 0 Å². The summed E-state index contributed by atoms with van der Waals surface area (Å²) in [5.41, 5.74) is -1.77. The van der Waals surface area contributed by atoms with Crippen LogP contribution in [-0.2, 0) is 16.2 Å². The van der Waals surface area contributed by atoms with Crippen LogP contribution in [-0.4, -0.2) is 13.4 Å². The van der Waals surface area contributed by atoms with Gasteiger partial charge < -0.3 is 0 Å². The lowest BCUT2D eigenvalue weighted by Crippen LogP contribution is -2.17. The molecule has 1 N–H and O–H groups in total. The van der Waals surface area contributed by atoms with Crippen molar-refractivity contribution in [1.29, 1.82) is 0 Å². The van der Waals surface area contributed by atoms with E-state index in [0.717, 1.165) is 18.3 Å². The number of nitrogens with one attached hydrogen (secondary N) is 1. The highest BCUT2D eigenvalue weighted by Gasteiger charge is 2.35. The number of alkyl halides is 3. The van der Waals surface area contributed by atoms with Crippen LogP contribution in [0.2, 0.25) is 5.02 Å². The number of aromatic nitrogens is 1. The third kappa shape index (κ3) is 3.64. The first kappa shape index (κ1) is 15.6. The average molecular weight is 337 g/mol. The SMILES string of the molecule is O=S(=O)(Nc1ccc(Cl)cc1C(F)(F)F)c1cccnc1. The van der Waals surface area contributed by atoms with Crippen molar-refractivity contribution in [3.05, 3.63) is 53.3 Å². The van der Waals surface area contributed by atoms with Crippen LogP contribution in [0.1, 0.15) is 5.56 Å². The molecule has 0 amide bonds. The zero-order valence-electron chi connectivity index (χ0n) is 10.2. The normalized spacial score (nSPS) is 12.2. The first-order valence-electron chi connectivity index (χ1n) is 5.50. The first-order chi connectivity index (χ1) is 9.70. The monoisotopic (exact) mass is 336 g/mol. The highest BCUT2D eigenvalue weighted by molar-refractivity contribution is 7.92. The van der Waals surface area contributed by atoms with Crippen molar-refractivity contribution in [2.24, 2.45) is 0 Å². The molecule has 0 unspecified atom stereocenters. The van der Waals surface area contributed by atoms with Crippen LogP contribution >= 0.6 is 11.6 Å². The van der Waals surface area contributed by atoms with Crippen LogP contribution in [0.15, 0.2) is 47.6 Å². The van der Waals surface area contributed by atoms with Gasteiger partial charge in [-0.05, 0) is 30.3 Å². The van der Waals surface area contributed by atoms with Gasteiger partial charge in [0.25, 0.3) is 10.0 Å². The van der Waals surface area contributed by atoms with Crippen molar-refractivity contribution in [1.82, 2.24) is 4.98 Å². The Bertz CT molecular complexity index is 749. The van der Waals surface area contributed by atoms with E-state index in [4.69, 9.17) is 11.6 Å². The molecule has 1 heterocycles. The second-order valence-corrected chi connectivity index (χ2v) is 6.10. The molecule has 0 radical (unpaired) electrons. The Morgan fingerprint density at radius 2 is 1.90 bits per heavy atom. The van der Waals surface area contributed by atoms with E-state index in [2.05, 4.69) is 4.98 Å². The maximum atomic E-state index is 12.9. The number of anilines is 1. The van der Waals surface area contributed by atoms with Gasteiger partial charge in [0, 0.05) is 17.4 Å². The number of hydrogen-bond acceptors (Lipinski definition) is 3. The fraction of sp³-hybridized carbons (Fsp3) is 0.0833. The molecule has 1 aromatic carbocycles. The smallest absolute Gasteiger partial charge is 0.279 e. The van der Waals surface area contributed by atoms with E-state index in [-0.39, 0.29) is 9.92 Å². The zero-order valence-corrected chi connectivity index (χ0v) is 11.8. The quantitative estimate of drug-likeness (QED) is 0.932. The highest BCUT2D eigenvalue weighted by Crippen LogP contribution is 2.37. The average Bonchev–Trinajstić information content (AvgIpc) is 2.40. The fourth-order valence-corrected chi connectivity index (χ4v) is 2.76. The van der Waals surface area contributed by atoms with Crippen LogP contribution < -0.4 is 4.72 Å². The molecule has 1 aromatic heterocycles. The predicted molar refractivity (Wildman–Crippen MR) is 71.5 cm³/mol. The van der Waals surface area contributed by atoms with E-state index in [1.807, 2.05) is 4.72 Å². The summed E-state index contributed by atoms with van der Waals surface area (Å²) in [5.74, 6) is 0. The van der Waals surface area contributed by atoms with E-state index in [1.165, 1.54) is 18.3 Å². The number of pyridine rings is 1. The van der Waals surface area contributed by atoms with Crippen LogP contribution in [0.5, 0.6) is 0 Å². The van der Waals surface area contributed by atoms with Crippen LogP contribution in [0.4, 0.5) is 18.9 Å². The van der Waals surface area contributed by atoms with Gasteiger partial charge in [-0.15, -0.1) is 0 Å². The topological polar surface area (TPSA) is 59.1 Å². The second-order valence-electron chi connectivity index (χ2n) is 3.98. The van der Waals surface area contributed by atoms with Crippen molar-refractivity contribution in [3.8, 4) is 0 Å². The number of rotatable bonds is 3. The first-order valence-corrected chi connectivity index (χ1v) is 7.36. The molecular weight excluding hydrogens is 329 g/mol. The summed E-state index contributed by atoms with van der Waals surface area (Å²) in [7, 11) is -4.16. The van der Waals surface area contributed by atoms with Crippen molar-refractivity contribution in [3.63, 3.8) is 0 Å². The summed E-state index contributed by atoms with van der Waals surface area (Å²) >= 11 is 5.52. The molecule has 9 heteroatoms. The molecule has 0 saturated carbocycles. The maximum absolute atomic E-state index is 12.9. The molecule has 0 aliphatic carbocycles. The Hall–Kier alpha value is -1.80. The molecule has 0 atom stereocenters. The minimum Gasteiger partial charge on any atom is -0.279 e. The fourth-order valence-electron chi connectivity index (χ4n) is 1.55. The third-order valence-electron chi connectivity index (χ3n) is 2.48. The van der Waals surface area contributed by atoms with E-state index >= 15 is 0 Å². The predicted octanol–water partition coefficient (Wildman–Crippen LogP) is 3.55. The van der Waals surface area contributed by atoms with Crippen LogP contribution in [0.25, 0.3) is 0 Å². The largest absolute Gasteiger partial charge is 0.418 e. The Morgan fingerprint density at radius 3 is 2.48 bits per heavy atom. The van der Waals surface area contributed by atoms with Crippen LogP contribution in [0.3, 0.4) is 0 Å². The lowest BCUT2D eigenvalue weighted by atomic mass is 10.2. The summed E-state index contributed by atoms with van der Waals surface area (Å²) < 4.78 is 64.6.